The summed E-state index contributed by atoms with van der Waals surface area (Å²) in [5.41, 5.74) is 6.87. The Hall–Kier alpha value is -1.43. The number of anilines is 1. The van der Waals surface area contributed by atoms with Crippen molar-refractivity contribution in [3.05, 3.63) is 29.3 Å². The van der Waals surface area contributed by atoms with E-state index in [0.717, 1.165) is 15.6 Å². The first-order valence-corrected chi connectivity index (χ1v) is 7.17. The maximum absolute atomic E-state index is 5.84. The second-order valence-electron chi connectivity index (χ2n) is 3.90. The number of fused-ring (bicyclic) bond motifs is 1. The Morgan fingerprint density at radius 2 is 2.11 bits per heavy atom. The standard InChI is InChI=1S/C14H18N2O2S/c1-3-17-12(18-4-2)6-5-10-9-16-14(15)11-7-8-19-13(10)11/h5-9,12H,3-4H2,1-2H3,(H2,15,16)/b6-5+. The summed E-state index contributed by atoms with van der Waals surface area (Å²) in [6.45, 7) is 5.12. The van der Waals surface area contributed by atoms with E-state index in [0.29, 0.717) is 19.0 Å². The van der Waals surface area contributed by atoms with E-state index in [1.807, 2.05) is 37.4 Å². The van der Waals surface area contributed by atoms with Crippen LogP contribution >= 0.6 is 11.3 Å². The van der Waals surface area contributed by atoms with Crippen molar-refractivity contribution in [1.82, 2.24) is 4.98 Å². The summed E-state index contributed by atoms with van der Waals surface area (Å²) < 4.78 is 12.1. The first kappa shape index (κ1) is 14.0. The third-order valence-corrected chi connectivity index (χ3v) is 3.60. The quantitative estimate of drug-likeness (QED) is 0.824. The van der Waals surface area contributed by atoms with Crippen molar-refractivity contribution in [3.8, 4) is 0 Å². The van der Waals surface area contributed by atoms with Crippen LogP contribution in [0.1, 0.15) is 19.4 Å². The molecule has 2 aromatic heterocycles. The van der Waals surface area contributed by atoms with E-state index in [-0.39, 0.29) is 6.29 Å². The Labute approximate surface area is 116 Å². The van der Waals surface area contributed by atoms with Gasteiger partial charge in [-0.2, -0.15) is 0 Å². The van der Waals surface area contributed by atoms with Crippen LogP contribution < -0.4 is 5.73 Å². The summed E-state index contributed by atoms with van der Waals surface area (Å²) in [6, 6.07) is 1.99. The molecule has 19 heavy (non-hydrogen) atoms. The molecule has 0 saturated carbocycles. The molecule has 0 saturated heterocycles. The minimum Gasteiger partial charge on any atom is -0.383 e. The van der Waals surface area contributed by atoms with E-state index in [4.69, 9.17) is 15.2 Å². The third kappa shape index (κ3) is 3.32. The van der Waals surface area contributed by atoms with Gasteiger partial charge in [-0.3, -0.25) is 0 Å². The monoisotopic (exact) mass is 278 g/mol. The van der Waals surface area contributed by atoms with E-state index in [9.17, 15) is 0 Å². The summed E-state index contributed by atoms with van der Waals surface area (Å²) in [7, 11) is 0. The van der Waals surface area contributed by atoms with Crippen molar-refractivity contribution in [2.45, 2.75) is 20.1 Å². The lowest BCUT2D eigenvalue weighted by molar-refractivity contribution is -0.103. The number of hydrogen-bond donors (Lipinski definition) is 1. The van der Waals surface area contributed by atoms with Crippen LogP contribution in [-0.4, -0.2) is 24.5 Å². The highest BCUT2D eigenvalue weighted by Crippen LogP contribution is 2.28. The van der Waals surface area contributed by atoms with E-state index in [2.05, 4.69) is 4.98 Å². The van der Waals surface area contributed by atoms with Gasteiger partial charge in [0.15, 0.2) is 6.29 Å². The summed E-state index contributed by atoms with van der Waals surface area (Å²) >= 11 is 1.65. The van der Waals surface area contributed by atoms with Crippen molar-refractivity contribution < 1.29 is 9.47 Å². The Balaban J connectivity index is 2.24. The first-order valence-electron chi connectivity index (χ1n) is 6.29. The number of aromatic nitrogens is 1. The van der Waals surface area contributed by atoms with Crippen molar-refractivity contribution in [2.75, 3.05) is 18.9 Å². The van der Waals surface area contributed by atoms with E-state index >= 15 is 0 Å². The smallest absolute Gasteiger partial charge is 0.177 e. The second kappa shape index (κ2) is 6.65. The lowest BCUT2D eigenvalue weighted by Gasteiger charge is -2.12. The van der Waals surface area contributed by atoms with Gasteiger partial charge in [0.05, 0.1) is 0 Å². The number of hydrogen-bond acceptors (Lipinski definition) is 5. The fraction of sp³-hybridized carbons (Fsp3) is 0.357. The van der Waals surface area contributed by atoms with Gasteiger partial charge < -0.3 is 15.2 Å². The summed E-state index contributed by atoms with van der Waals surface area (Å²) in [5.74, 6) is 0.569. The predicted octanol–water partition coefficient (Wildman–Crippen LogP) is 3.29. The Morgan fingerprint density at radius 1 is 1.37 bits per heavy atom. The predicted molar refractivity (Wildman–Crippen MR) is 80.1 cm³/mol. The molecule has 0 aliphatic rings. The largest absolute Gasteiger partial charge is 0.383 e. The number of ether oxygens (including phenoxy) is 2. The number of thiophene rings is 1. The van der Waals surface area contributed by atoms with Crippen LogP contribution in [0.3, 0.4) is 0 Å². The average molecular weight is 278 g/mol. The average Bonchev–Trinajstić information content (AvgIpc) is 2.88. The molecule has 0 atom stereocenters. The Bertz CT molecular complexity index is 560. The molecule has 0 radical (unpaired) electrons. The molecule has 2 heterocycles. The van der Waals surface area contributed by atoms with Gasteiger partial charge in [0.1, 0.15) is 5.82 Å². The van der Waals surface area contributed by atoms with Crippen LogP contribution in [0.4, 0.5) is 5.82 Å². The van der Waals surface area contributed by atoms with Crippen LogP contribution in [0.15, 0.2) is 23.7 Å². The van der Waals surface area contributed by atoms with Gasteiger partial charge >= 0.3 is 0 Å². The maximum atomic E-state index is 5.84. The summed E-state index contributed by atoms with van der Waals surface area (Å²) in [6.07, 6.45) is 5.34. The molecule has 0 spiro atoms. The topological polar surface area (TPSA) is 57.4 Å². The second-order valence-corrected chi connectivity index (χ2v) is 4.82. The van der Waals surface area contributed by atoms with Crippen LogP contribution in [-0.2, 0) is 9.47 Å². The van der Waals surface area contributed by atoms with Gasteiger partial charge in [0, 0.05) is 35.1 Å². The van der Waals surface area contributed by atoms with E-state index in [1.54, 1.807) is 17.5 Å². The maximum Gasteiger partial charge on any atom is 0.177 e. The van der Waals surface area contributed by atoms with Crippen LogP contribution in [0.2, 0.25) is 0 Å². The molecule has 2 aromatic rings. The van der Waals surface area contributed by atoms with Crippen molar-refractivity contribution >= 4 is 33.3 Å². The van der Waals surface area contributed by atoms with Crippen molar-refractivity contribution in [3.63, 3.8) is 0 Å². The van der Waals surface area contributed by atoms with Gasteiger partial charge in [-0.05, 0) is 31.4 Å². The molecular formula is C14H18N2O2S. The SMILES string of the molecule is CCOC(/C=C/c1cnc(N)c2ccsc12)OCC. The number of nitrogens with zero attached hydrogens (tertiary/aromatic N) is 1. The summed E-state index contributed by atoms with van der Waals surface area (Å²) in [4.78, 5) is 4.20. The normalized spacial score (nSPS) is 11.9. The van der Waals surface area contributed by atoms with Gasteiger partial charge in [0.25, 0.3) is 0 Å². The van der Waals surface area contributed by atoms with Gasteiger partial charge in [0.2, 0.25) is 0 Å². The third-order valence-electron chi connectivity index (χ3n) is 2.64. The molecule has 0 aliphatic carbocycles. The molecule has 102 valence electrons. The molecule has 4 nitrogen and oxygen atoms in total. The first-order chi connectivity index (χ1) is 9.26. The lowest BCUT2D eigenvalue weighted by atomic mass is 10.2. The molecule has 2 N–H and O–H groups in total. The minimum atomic E-state index is -0.317. The zero-order valence-corrected chi connectivity index (χ0v) is 11.9. The molecule has 0 amide bonds. The van der Waals surface area contributed by atoms with Gasteiger partial charge in [-0.15, -0.1) is 11.3 Å². The molecule has 0 aliphatic heterocycles. The minimum absolute atomic E-state index is 0.317. The molecule has 0 bridgehead atoms. The van der Waals surface area contributed by atoms with Crippen molar-refractivity contribution in [1.29, 1.82) is 0 Å². The molecule has 0 fully saturated rings. The van der Waals surface area contributed by atoms with Crippen LogP contribution in [0.5, 0.6) is 0 Å². The molecule has 5 heteroatoms. The zero-order valence-electron chi connectivity index (χ0n) is 11.1. The number of rotatable bonds is 6. The fourth-order valence-corrected chi connectivity index (χ4v) is 2.69. The fourth-order valence-electron chi connectivity index (χ4n) is 1.79. The van der Waals surface area contributed by atoms with Gasteiger partial charge in [-0.25, -0.2) is 4.98 Å². The van der Waals surface area contributed by atoms with E-state index < -0.39 is 0 Å². The highest BCUT2D eigenvalue weighted by molar-refractivity contribution is 7.17. The lowest BCUT2D eigenvalue weighted by Crippen LogP contribution is -2.13. The molecule has 0 aromatic carbocycles. The summed E-state index contributed by atoms with van der Waals surface area (Å²) in [5, 5.41) is 3.01. The van der Waals surface area contributed by atoms with E-state index in [1.165, 1.54) is 0 Å². The zero-order chi connectivity index (χ0) is 13.7. The van der Waals surface area contributed by atoms with Crippen molar-refractivity contribution in [2.24, 2.45) is 0 Å². The molecular weight excluding hydrogens is 260 g/mol. The highest BCUT2D eigenvalue weighted by Gasteiger charge is 2.06. The van der Waals surface area contributed by atoms with Crippen LogP contribution in [0.25, 0.3) is 16.2 Å². The Morgan fingerprint density at radius 3 is 2.79 bits per heavy atom. The van der Waals surface area contributed by atoms with Crippen LogP contribution in [0, 0.1) is 0 Å². The Kier molecular flexibility index (Phi) is 4.90. The molecule has 0 unspecified atom stereocenters. The number of nitrogens with two attached hydrogens (primary N) is 1. The number of pyridine rings is 1. The van der Waals surface area contributed by atoms with Gasteiger partial charge in [-0.1, -0.05) is 6.08 Å². The number of nitrogen functional groups attached to an aromatic ring is 1. The highest BCUT2D eigenvalue weighted by atomic mass is 32.1. The molecule has 2 rings (SSSR count).